The second-order valence-corrected chi connectivity index (χ2v) is 6.02. The van der Waals surface area contributed by atoms with Crippen LogP contribution in [0.2, 0.25) is 0 Å². The fourth-order valence-electron chi connectivity index (χ4n) is 3.10. The van der Waals surface area contributed by atoms with Crippen LogP contribution in [-0.4, -0.2) is 19.0 Å². The van der Waals surface area contributed by atoms with Gasteiger partial charge in [-0.1, -0.05) is 42.0 Å². The second-order valence-electron chi connectivity index (χ2n) is 6.02. The van der Waals surface area contributed by atoms with Crippen LogP contribution in [0, 0.1) is 12.3 Å². The third-order valence-electron chi connectivity index (χ3n) is 4.37. The molecule has 0 spiro atoms. The molecule has 0 aliphatic rings. The minimum atomic E-state index is 0. The highest BCUT2D eigenvalue weighted by Crippen LogP contribution is 2.30. The summed E-state index contributed by atoms with van der Waals surface area (Å²) in [6.45, 7) is 7.51. The molecule has 0 unspecified atom stereocenters. The van der Waals surface area contributed by atoms with Gasteiger partial charge in [-0.05, 0) is 50.4 Å². The first-order valence-corrected chi connectivity index (χ1v) is 8.73. The van der Waals surface area contributed by atoms with E-state index in [0.717, 1.165) is 34.3 Å². The van der Waals surface area contributed by atoms with Crippen molar-refractivity contribution in [3.63, 3.8) is 0 Å². The van der Waals surface area contributed by atoms with Gasteiger partial charge in [0.2, 0.25) is 0 Å². The van der Waals surface area contributed by atoms with E-state index in [4.69, 9.17) is 10.1 Å². The summed E-state index contributed by atoms with van der Waals surface area (Å²) >= 11 is 0. The van der Waals surface area contributed by atoms with Gasteiger partial charge in [-0.2, -0.15) is 0 Å². The van der Waals surface area contributed by atoms with Gasteiger partial charge in [0, 0.05) is 23.2 Å². The van der Waals surface area contributed by atoms with Gasteiger partial charge in [0.05, 0.1) is 6.61 Å². The lowest BCUT2D eigenvalue weighted by Crippen LogP contribution is -2.30. The predicted octanol–water partition coefficient (Wildman–Crippen LogP) is 5.82. The number of halogens is 1. The number of nitrogens with one attached hydrogen (secondary N) is 1. The maximum absolute atomic E-state index is 8.82. The van der Waals surface area contributed by atoms with Crippen LogP contribution in [0.5, 0.6) is 5.75 Å². The van der Waals surface area contributed by atoms with Crippen molar-refractivity contribution < 1.29 is 4.74 Å². The zero-order chi connectivity index (χ0) is 17.8. The van der Waals surface area contributed by atoms with E-state index in [9.17, 15) is 0 Å². The minimum Gasteiger partial charge on any atom is -0.493 e. The SMILES string of the molecule is CCOc1ccc(C(=N)N(CC)c2ccc(C)cc2)c2ccccc12.Cl. The Bertz CT molecular complexity index is 890. The van der Waals surface area contributed by atoms with Gasteiger partial charge in [0.15, 0.2) is 0 Å². The highest BCUT2D eigenvalue weighted by atomic mass is 35.5. The molecule has 0 aliphatic carbocycles. The highest BCUT2D eigenvalue weighted by molar-refractivity contribution is 6.16. The molecule has 0 atom stereocenters. The summed E-state index contributed by atoms with van der Waals surface area (Å²) in [5.41, 5.74) is 3.18. The van der Waals surface area contributed by atoms with Gasteiger partial charge in [-0.3, -0.25) is 5.41 Å². The maximum Gasteiger partial charge on any atom is 0.133 e. The summed E-state index contributed by atoms with van der Waals surface area (Å²) < 4.78 is 5.75. The second kappa shape index (κ2) is 8.72. The molecule has 0 bridgehead atoms. The molecule has 0 aliphatic heterocycles. The number of amidine groups is 1. The lowest BCUT2D eigenvalue weighted by molar-refractivity contribution is 0.344. The van der Waals surface area contributed by atoms with Crippen molar-refractivity contribution in [3.8, 4) is 5.75 Å². The number of fused-ring (bicyclic) bond motifs is 1. The summed E-state index contributed by atoms with van der Waals surface area (Å²) in [7, 11) is 0. The number of ether oxygens (including phenoxy) is 1. The van der Waals surface area contributed by atoms with Crippen LogP contribution in [0.4, 0.5) is 5.69 Å². The van der Waals surface area contributed by atoms with Gasteiger partial charge >= 0.3 is 0 Å². The molecule has 3 rings (SSSR count). The first-order valence-electron chi connectivity index (χ1n) is 8.73. The van der Waals surface area contributed by atoms with E-state index in [2.05, 4.69) is 50.2 Å². The average molecular weight is 369 g/mol. The number of nitrogens with zero attached hydrogens (tertiary/aromatic N) is 1. The van der Waals surface area contributed by atoms with E-state index in [1.807, 2.05) is 36.1 Å². The molecule has 0 saturated heterocycles. The predicted molar refractivity (Wildman–Crippen MR) is 113 cm³/mol. The Kier molecular flexibility index (Phi) is 6.64. The van der Waals surface area contributed by atoms with Gasteiger partial charge in [-0.25, -0.2) is 0 Å². The molecule has 0 heterocycles. The van der Waals surface area contributed by atoms with Gasteiger partial charge < -0.3 is 9.64 Å². The highest BCUT2D eigenvalue weighted by Gasteiger charge is 2.16. The minimum absolute atomic E-state index is 0. The van der Waals surface area contributed by atoms with Crippen LogP contribution in [0.1, 0.15) is 25.0 Å². The lowest BCUT2D eigenvalue weighted by Gasteiger charge is -2.25. The van der Waals surface area contributed by atoms with E-state index in [1.54, 1.807) is 0 Å². The standard InChI is InChI=1S/C22H24N2O.ClH/c1-4-24(17-12-10-16(3)11-13-17)22(23)20-14-15-21(25-5-2)19-9-7-6-8-18(19)20;/h6-15,23H,4-5H2,1-3H3;1H. The molecule has 136 valence electrons. The van der Waals surface area contributed by atoms with Gasteiger partial charge in [0.1, 0.15) is 11.6 Å². The van der Waals surface area contributed by atoms with Crippen molar-refractivity contribution in [2.24, 2.45) is 0 Å². The van der Waals surface area contributed by atoms with Crippen LogP contribution in [-0.2, 0) is 0 Å². The molecular weight excluding hydrogens is 344 g/mol. The molecule has 0 amide bonds. The van der Waals surface area contributed by atoms with E-state index in [1.165, 1.54) is 5.56 Å². The van der Waals surface area contributed by atoms with Crippen LogP contribution < -0.4 is 9.64 Å². The number of hydrogen-bond acceptors (Lipinski definition) is 2. The van der Waals surface area contributed by atoms with Crippen LogP contribution in [0.15, 0.2) is 60.7 Å². The van der Waals surface area contributed by atoms with Crippen molar-refractivity contribution >= 4 is 34.7 Å². The molecule has 0 aromatic heterocycles. The molecule has 0 radical (unpaired) electrons. The summed E-state index contributed by atoms with van der Waals surface area (Å²) in [5, 5.41) is 10.9. The molecular formula is C22H25ClN2O. The number of rotatable bonds is 5. The van der Waals surface area contributed by atoms with Crippen LogP contribution >= 0.6 is 12.4 Å². The van der Waals surface area contributed by atoms with Crippen LogP contribution in [0.3, 0.4) is 0 Å². The van der Waals surface area contributed by atoms with E-state index in [-0.39, 0.29) is 12.4 Å². The Balaban J connectivity index is 0.00000243. The quantitative estimate of drug-likeness (QED) is 0.455. The summed E-state index contributed by atoms with van der Waals surface area (Å²) in [6.07, 6.45) is 0. The first kappa shape index (κ1) is 19.8. The Hall–Kier alpha value is -2.52. The van der Waals surface area contributed by atoms with Crippen molar-refractivity contribution in [2.75, 3.05) is 18.1 Å². The molecule has 3 aromatic rings. The molecule has 4 heteroatoms. The molecule has 3 aromatic carbocycles. The van der Waals surface area contributed by atoms with Crippen molar-refractivity contribution in [1.82, 2.24) is 0 Å². The molecule has 3 nitrogen and oxygen atoms in total. The smallest absolute Gasteiger partial charge is 0.133 e. The Morgan fingerprint density at radius 3 is 2.19 bits per heavy atom. The van der Waals surface area contributed by atoms with Crippen molar-refractivity contribution in [3.05, 3.63) is 71.8 Å². The van der Waals surface area contributed by atoms with Crippen LogP contribution in [0.25, 0.3) is 10.8 Å². The number of anilines is 1. The van der Waals surface area contributed by atoms with E-state index >= 15 is 0 Å². The Morgan fingerprint density at radius 2 is 1.58 bits per heavy atom. The van der Waals surface area contributed by atoms with E-state index < -0.39 is 0 Å². The van der Waals surface area contributed by atoms with Gasteiger partial charge in [0.25, 0.3) is 0 Å². The third kappa shape index (κ3) is 3.83. The molecule has 1 N–H and O–H groups in total. The number of aryl methyl sites for hydroxylation is 1. The lowest BCUT2D eigenvalue weighted by atomic mass is 10.0. The Labute approximate surface area is 161 Å². The Morgan fingerprint density at radius 1 is 0.923 bits per heavy atom. The topological polar surface area (TPSA) is 36.3 Å². The summed E-state index contributed by atoms with van der Waals surface area (Å²) in [6, 6.07) is 20.4. The van der Waals surface area contributed by atoms with Crippen molar-refractivity contribution in [2.45, 2.75) is 20.8 Å². The monoisotopic (exact) mass is 368 g/mol. The fraction of sp³-hybridized carbons (Fsp3) is 0.227. The van der Waals surface area contributed by atoms with Gasteiger partial charge in [-0.15, -0.1) is 12.4 Å². The summed E-state index contributed by atoms with van der Waals surface area (Å²) in [5.74, 6) is 1.37. The van der Waals surface area contributed by atoms with Crippen molar-refractivity contribution in [1.29, 1.82) is 5.41 Å². The number of hydrogen-bond donors (Lipinski definition) is 1. The molecule has 26 heavy (non-hydrogen) atoms. The number of benzene rings is 3. The molecule has 0 saturated carbocycles. The third-order valence-corrected chi connectivity index (χ3v) is 4.37. The zero-order valence-corrected chi connectivity index (χ0v) is 16.3. The first-order chi connectivity index (χ1) is 12.2. The zero-order valence-electron chi connectivity index (χ0n) is 15.5. The largest absolute Gasteiger partial charge is 0.493 e. The molecule has 0 fully saturated rings. The summed E-state index contributed by atoms with van der Waals surface area (Å²) in [4.78, 5) is 2.03. The average Bonchev–Trinajstić information content (AvgIpc) is 2.64. The normalized spacial score (nSPS) is 10.3. The van der Waals surface area contributed by atoms with E-state index in [0.29, 0.717) is 12.4 Å². The maximum atomic E-state index is 8.82. The fourth-order valence-corrected chi connectivity index (χ4v) is 3.10.